The molecule has 3 amide bonds. The third-order valence-corrected chi connectivity index (χ3v) is 8.58. The number of nitrogen functional groups attached to an aromatic ring is 1. The summed E-state index contributed by atoms with van der Waals surface area (Å²) in [6, 6.07) is -2.85. The van der Waals surface area contributed by atoms with Gasteiger partial charge in [-0.25, -0.2) is 18.8 Å². The van der Waals surface area contributed by atoms with Crippen molar-refractivity contribution in [3.05, 3.63) is 23.0 Å². The number of carboxylic acid groups (broad SMARTS) is 1. The molecule has 4 rings (SSSR count). The zero-order chi connectivity index (χ0) is 33.1. The standard InChI is InChI=1S/C23H33N11O9S2/c1-23(2,21(38)39)43-29-17(14-12-44-22(24)26-14)19(36)27-18-15(34(20(18)37)45(40,41)42)10-33-9-13(28-30-33)8-25-16(35)11-32-6-4-31(3)5-7-32/h9,12,15,18H,4-8,10-11H2,1-3H3,(H2,24,26)(H,25,35)(H,27,36)(H,38,39)(H,40,41,42)/t15-,18+/m1/s1. The van der Waals surface area contributed by atoms with E-state index in [9.17, 15) is 37.3 Å². The third kappa shape index (κ3) is 8.27. The van der Waals surface area contributed by atoms with E-state index < -0.39 is 51.5 Å². The minimum absolute atomic E-state index is 0.0294. The first-order chi connectivity index (χ1) is 21.0. The number of β-lactam (4-membered cyclic amide) rings is 1. The summed E-state index contributed by atoms with van der Waals surface area (Å²) < 4.78 is 35.0. The van der Waals surface area contributed by atoms with Crippen molar-refractivity contribution < 1.29 is 42.1 Å². The second-order valence-electron chi connectivity index (χ2n) is 10.8. The molecule has 45 heavy (non-hydrogen) atoms. The Kier molecular flexibility index (Phi) is 10.0. The second-order valence-corrected chi connectivity index (χ2v) is 13.0. The quantitative estimate of drug-likeness (QED) is 0.0613. The minimum atomic E-state index is -5.03. The first-order valence-electron chi connectivity index (χ1n) is 13.4. The number of piperazine rings is 1. The van der Waals surface area contributed by atoms with E-state index in [1.165, 1.54) is 30.1 Å². The number of hydrogen-bond donors (Lipinski definition) is 5. The zero-order valence-corrected chi connectivity index (χ0v) is 26.1. The number of rotatable bonds is 13. The van der Waals surface area contributed by atoms with Gasteiger partial charge in [0.05, 0.1) is 31.9 Å². The van der Waals surface area contributed by atoms with Crippen LogP contribution in [-0.4, -0.2) is 139 Å². The van der Waals surface area contributed by atoms with Crippen LogP contribution in [0.1, 0.15) is 25.2 Å². The third-order valence-electron chi connectivity index (χ3n) is 6.95. The molecule has 0 radical (unpaired) electrons. The average Bonchev–Trinajstić information content (AvgIpc) is 3.59. The Morgan fingerprint density at radius 1 is 1.24 bits per heavy atom. The summed E-state index contributed by atoms with van der Waals surface area (Å²) in [6.45, 7) is 5.53. The number of nitrogens with one attached hydrogen (secondary N) is 2. The monoisotopic (exact) mass is 671 g/mol. The van der Waals surface area contributed by atoms with Gasteiger partial charge in [0.1, 0.15) is 17.4 Å². The van der Waals surface area contributed by atoms with Crippen molar-refractivity contribution in [3.63, 3.8) is 0 Å². The number of thiazole rings is 1. The summed E-state index contributed by atoms with van der Waals surface area (Å²) in [7, 11) is -3.02. The lowest BCUT2D eigenvalue weighted by Crippen LogP contribution is -2.73. The van der Waals surface area contributed by atoms with E-state index in [4.69, 9.17) is 10.6 Å². The van der Waals surface area contributed by atoms with Crippen LogP contribution in [0.25, 0.3) is 0 Å². The Bertz CT molecular complexity index is 1580. The highest BCUT2D eigenvalue weighted by Gasteiger charge is 2.54. The summed E-state index contributed by atoms with van der Waals surface area (Å²) in [5.41, 5.74) is 3.51. The lowest BCUT2D eigenvalue weighted by Gasteiger charge is -2.43. The van der Waals surface area contributed by atoms with Crippen LogP contribution in [0.2, 0.25) is 0 Å². The molecule has 20 nitrogen and oxygen atoms in total. The Balaban J connectivity index is 1.44. The molecule has 2 aliphatic heterocycles. The van der Waals surface area contributed by atoms with Gasteiger partial charge >= 0.3 is 16.3 Å². The maximum Gasteiger partial charge on any atom is 0.362 e. The Morgan fingerprint density at radius 3 is 2.53 bits per heavy atom. The van der Waals surface area contributed by atoms with E-state index in [0.717, 1.165) is 37.5 Å². The molecule has 0 aromatic carbocycles. The van der Waals surface area contributed by atoms with Crippen molar-refractivity contribution in [2.75, 3.05) is 45.5 Å². The average molecular weight is 672 g/mol. The summed E-state index contributed by atoms with van der Waals surface area (Å²) in [5.74, 6) is -3.82. The number of aromatic nitrogens is 4. The van der Waals surface area contributed by atoms with Crippen LogP contribution < -0.4 is 16.4 Å². The minimum Gasteiger partial charge on any atom is -0.478 e. The molecule has 0 unspecified atom stereocenters. The van der Waals surface area contributed by atoms with Crippen LogP contribution >= 0.6 is 11.3 Å². The summed E-state index contributed by atoms with van der Waals surface area (Å²) in [5, 5.41) is 27.3. The second kappa shape index (κ2) is 13.4. The molecule has 0 bridgehead atoms. The summed E-state index contributed by atoms with van der Waals surface area (Å²) in [6.07, 6.45) is 1.41. The van der Waals surface area contributed by atoms with Crippen LogP contribution in [0.3, 0.4) is 0 Å². The Hall–Kier alpha value is -4.25. The van der Waals surface area contributed by atoms with E-state index in [0.29, 0.717) is 5.69 Å². The molecule has 246 valence electrons. The van der Waals surface area contributed by atoms with E-state index in [2.05, 4.69) is 36.0 Å². The van der Waals surface area contributed by atoms with Crippen molar-refractivity contribution in [2.45, 2.75) is 44.6 Å². The molecule has 6 N–H and O–H groups in total. The number of carbonyl (C=O) groups is 4. The van der Waals surface area contributed by atoms with Gasteiger partial charge in [0, 0.05) is 31.6 Å². The van der Waals surface area contributed by atoms with Gasteiger partial charge in [-0.2, -0.15) is 8.42 Å². The lowest BCUT2D eigenvalue weighted by atomic mass is 9.98. The fourth-order valence-corrected chi connectivity index (χ4v) is 5.72. The van der Waals surface area contributed by atoms with E-state index in [1.807, 2.05) is 11.9 Å². The number of carboxylic acids is 1. The molecule has 2 saturated heterocycles. The lowest BCUT2D eigenvalue weighted by molar-refractivity contribution is -0.161. The molecule has 2 atom stereocenters. The number of nitrogens with two attached hydrogens (primary N) is 1. The molecule has 4 heterocycles. The maximum absolute atomic E-state index is 13.2. The van der Waals surface area contributed by atoms with Gasteiger partial charge in [0.2, 0.25) is 11.5 Å². The normalized spacial score (nSPS) is 20.0. The number of amides is 3. The molecule has 2 aromatic heterocycles. The van der Waals surface area contributed by atoms with Gasteiger partial charge in [-0.05, 0) is 20.9 Å². The number of carbonyl (C=O) groups excluding carboxylic acids is 3. The first-order valence-corrected chi connectivity index (χ1v) is 15.7. The first kappa shape index (κ1) is 33.6. The largest absolute Gasteiger partial charge is 0.478 e. The van der Waals surface area contributed by atoms with Crippen molar-refractivity contribution in [1.82, 2.24) is 44.7 Å². The topological polar surface area (TPSA) is 268 Å². The Morgan fingerprint density at radius 2 is 1.93 bits per heavy atom. The molecule has 0 saturated carbocycles. The van der Waals surface area contributed by atoms with E-state index >= 15 is 0 Å². The fourth-order valence-electron chi connectivity index (χ4n) is 4.30. The van der Waals surface area contributed by atoms with Crippen molar-refractivity contribution in [3.8, 4) is 0 Å². The predicted octanol–water partition coefficient (Wildman–Crippen LogP) is -3.04. The van der Waals surface area contributed by atoms with Gasteiger partial charge < -0.3 is 31.2 Å². The molecule has 2 fully saturated rings. The van der Waals surface area contributed by atoms with Crippen molar-refractivity contribution >= 4 is 56.2 Å². The van der Waals surface area contributed by atoms with Crippen molar-refractivity contribution in [1.29, 1.82) is 0 Å². The highest BCUT2D eigenvalue weighted by molar-refractivity contribution is 7.84. The van der Waals surface area contributed by atoms with Crippen LogP contribution in [0, 0.1) is 0 Å². The molecular weight excluding hydrogens is 638 g/mol. The number of anilines is 1. The number of oxime groups is 1. The predicted molar refractivity (Wildman–Crippen MR) is 156 cm³/mol. The highest BCUT2D eigenvalue weighted by Crippen LogP contribution is 2.25. The number of hydrogen-bond acceptors (Lipinski definition) is 15. The molecule has 2 aromatic rings. The van der Waals surface area contributed by atoms with Crippen molar-refractivity contribution in [2.24, 2.45) is 5.16 Å². The van der Waals surface area contributed by atoms with E-state index in [-0.39, 0.29) is 40.7 Å². The van der Waals surface area contributed by atoms with Crippen LogP contribution in [-0.2, 0) is 47.4 Å². The smallest absolute Gasteiger partial charge is 0.362 e. The highest BCUT2D eigenvalue weighted by atomic mass is 32.2. The molecule has 2 aliphatic rings. The molecule has 22 heteroatoms. The van der Waals surface area contributed by atoms with Crippen LogP contribution in [0.15, 0.2) is 16.7 Å². The SMILES string of the molecule is CN1CCN(CC(=O)NCc2cn(C[C@@H]3[C@H](NC(=O)C(=NOC(C)(C)C(=O)O)c4csc(N)n4)C(=O)N3S(=O)(=O)O)nn2)CC1. The summed E-state index contributed by atoms with van der Waals surface area (Å²) >= 11 is 0.949. The van der Waals surface area contributed by atoms with E-state index in [1.54, 1.807) is 0 Å². The van der Waals surface area contributed by atoms with Gasteiger partial charge in [-0.3, -0.25) is 23.8 Å². The number of likely N-dealkylation sites (N-methyl/N-ethyl adjacent to an activating group) is 1. The number of nitrogens with zero attached hydrogens (tertiary/aromatic N) is 8. The molecular formula is C23H33N11O9S2. The zero-order valence-electron chi connectivity index (χ0n) is 24.5. The number of aliphatic carboxylic acids is 1. The maximum atomic E-state index is 13.2. The van der Waals surface area contributed by atoms with Gasteiger partial charge in [-0.15, -0.1) is 16.4 Å². The van der Waals surface area contributed by atoms with Gasteiger partial charge in [-0.1, -0.05) is 10.4 Å². The van der Waals surface area contributed by atoms with Gasteiger partial charge in [0.15, 0.2) is 10.8 Å². The molecule has 0 aliphatic carbocycles. The van der Waals surface area contributed by atoms with Crippen LogP contribution in [0.5, 0.6) is 0 Å². The summed E-state index contributed by atoms with van der Waals surface area (Å²) in [4.78, 5) is 63.0. The Labute approximate surface area is 261 Å². The van der Waals surface area contributed by atoms with Crippen LogP contribution in [0.4, 0.5) is 5.13 Å². The molecule has 0 spiro atoms. The van der Waals surface area contributed by atoms with Gasteiger partial charge in [0.25, 0.3) is 11.8 Å². The fraction of sp³-hybridized carbons (Fsp3) is 0.565.